The molecule has 0 saturated heterocycles. The summed E-state index contributed by atoms with van der Waals surface area (Å²) in [5, 5.41) is 16.7. The number of methoxy groups -OCH3 is 2. The number of hydrogen-bond acceptors (Lipinski definition) is 4. The van der Waals surface area contributed by atoms with Crippen molar-refractivity contribution in [3.05, 3.63) is 23.8 Å². The normalized spacial score (nSPS) is 32.0. The Morgan fingerprint density at radius 3 is 2.33 bits per heavy atom. The van der Waals surface area contributed by atoms with Gasteiger partial charge in [0.2, 0.25) is 0 Å². The molecular formula is C21H30N2O4. The van der Waals surface area contributed by atoms with Crippen LogP contribution in [0.5, 0.6) is 11.5 Å². The van der Waals surface area contributed by atoms with Crippen molar-refractivity contribution in [3.63, 3.8) is 0 Å². The molecule has 0 aliphatic heterocycles. The van der Waals surface area contributed by atoms with E-state index in [-0.39, 0.29) is 18.1 Å². The first-order valence-corrected chi connectivity index (χ1v) is 9.96. The summed E-state index contributed by atoms with van der Waals surface area (Å²) >= 11 is 0. The Hall–Kier alpha value is -1.95. The number of rotatable bonds is 6. The highest BCUT2D eigenvalue weighted by Crippen LogP contribution is 2.55. The van der Waals surface area contributed by atoms with Crippen molar-refractivity contribution in [3.8, 4) is 11.5 Å². The number of amides is 2. The van der Waals surface area contributed by atoms with Crippen LogP contribution in [0.2, 0.25) is 0 Å². The molecule has 4 bridgehead atoms. The van der Waals surface area contributed by atoms with E-state index in [1.807, 2.05) is 0 Å². The summed E-state index contributed by atoms with van der Waals surface area (Å²) in [6, 6.07) is 5.09. The average molecular weight is 374 g/mol. The minimum atomic E-state index is -0.864. The van der Waals surface area contributed by atoms with Crippen LogP contribution in [0.4, 0.5) is 4.79 Å². The number of nitrogens with one attached hydrogen (secondary N) is 2. The van der Waals surface area contributed by atoms with E-state index in [1.165, 1.54) is 19.3 Å². The number of hydrogen-bond donors (Lipinski definition) is 3. The predicted octanol–water partition coefficient (Wildman–Crippen LogP) is 3.01. The summed E-state index contributed by atoms with van der Waals surface area (Å²) in [6.07, 6.45) is 6.50. The molecule has 2 amide bonds. The molecule has 5 rings (SSSR count). The van der Waals surface area contributed by atoms with E-state index in [0.717, 1.165) is 37.0 Å². The maximum absolute atomic E-state index is 12.6. The number of carbonyl (C=O) groups excluding carboxylic acids is 1. The maximum atomic E-state index is 12.6. The van der Waals surface area contributed by atoms with Gasteiger partial charge in [-0.2, -0.15) is 0 Å². The zero-order chi connectivity index (χ0) is 19.0. The molecule has 1 aromatic rings. The highest BCUT2D eigenvalue weighted by Gasteiger charge is 2.51. The van der Waals surface area contributed by atoms with Crippen LogP contribution in [-0.2, 0) is 0 Å². The standard InChI is InChI=1S/C21H30N2O4/c1-26-16-3-4-19(27-2)17(8-16)18(24)12-22-20(25)23-21-9-13-5-14(10-21)7-15(6-13)11-21/h3-4,8,13-15,18,24H,5-7,9-12H2,1-2H3,(H2,22,23,25). The molecule has 1 unspecified atom stereocenters. The van der Waals surface area contributed by atoms with E-state index >= 15 is 0 Å². The second kappa shape index (κ2) is 7.23. The smallest absolute Gasteiger partial charge is 0.315 e. The van der Waals surface area contributed by atoms with Crippen molar-refractivity contribution in [1.82, 2.24) is 10.6 Å². The van der Waals surface area contributed by atoms with Gasteiger partial charge in [-0.05, 0) is 74.5 Å². The topological polar surface area (TPSA) is 79.8 Å². The van der Waals surface area contributed by atoms with Crippen LogP contribution in [0.15, 0.2) is 18.2 Å². The Labute approximate surface area is 160 Å². The second-order valence-corrected chi connectivity index (χ2v) is 8.66. The molecule has 3 N–H and O–H groups in total. The summed E-state index contributed by atoms with van der Waals surface area (Å²) in [7, 11) is 3.14. The summed E-state index contributed by atoms with van der Waals surface area (Å²) in [5.74, 6) is 3.56. The molecule has 148 valence electrons. The molecule has 1 atom stereocenters. The minimum Gasteiger partial charge on any atom is -0.497 e. The summed E-state index contributed by atoms with van der Waals surface area (Å²) in [6.45, 7) is 0.127. The number of carbonyl (C=O) groups is 1. The Morgan fingerprint density at radius 1 is 1.15 bits per heavy atom. The zero-order valence-electron chi connectivity index (χ0n) is 16.2. The van der Waals surface area contributed by atoms with Gasteiger partial charge in [0, 0.05) is 17.6 Å². The van der Waals surface area contributed by atoms with E-state index in [2.05, 4.69) is 10.6 Å². The maximum Gasteiger partial charge on any atom is 0.315 e. The molecule has 4 fully saturated rings. The van der Waals surface area contributed by atoms with Gasteiger partial charge in [0.05, 0.1) is 14.2 Å². The molecular weight excluding hydrogens is 344 g/mol. The number of urea groups is 1. The third-order valence-electron chi connectivity index (χ3n) is 6.67. The number of aliphatic hydroxyl groups is 1. The fourth-order valence-corrected chi connectivity index (χ4v) is 5.95. The van der Waals surface area contributed by atoms with Crippen LogP contribution in [0.3, 0.4) is 0 Å². The van der Waals surface area contributed by atoms with Crippen LogP contribution >= 0.6 is 0 Å². The van der Waals surface area contributed by atoms with Gasteiger partial charge in [0.1, 0.15) is 17.6 Å². The molecule has 4 saturated carbocycles. The lowest BCUT2D eigenvalue weighted by Gasteiger charge is -2.56. The molecule has 1 aromatic carbocycles. The largest absolute Gasteiger partial charge is 0.497 e. The molecule has 0 heterocycles. The predicted molar refractivity (Wildman–Crippen MR) is 102 cm³/mol. The van der Waals surface area contributed by atoms with Crippen molar-refractivity contribution in [1.29, 1.82) is 0 Å². The number of benzene rings is 1. The minimum absolute atomic E-state index is 0.0303. The van der Waals surface area contributed by atoms with Gasteiger partial charge >= 0.3 is 6.03 Å². The lowest BCUT2D eigenvalue weighted by molar-refractivity contribution is -0.0136. The van der Waals surface area contributed by atoms with Crippen LogP contribution in [0.1, 0.15) is 50.2 Å². The number of aliphatic hydroxyl groups excluding tert-OH is 1. The molecule has 6 heteroatoms. The lowest BCUT2D eigenvalue weighted by Crippen LogP contribution is -2.61. The van der Waals surface area contributed by atoms with Crippen molar-refractivity contribution < 1.29 is 19.4 Å². The Kier molecular flexibility index (Phi) is 4.93. The monoisotopic (exact) mass is 374 g/mol. The lowest BCUT2D eigenvalue weighted by atomic mass is 9.53. The number of ether oxygens (including phenoxy) is 2. The summed E-state index contributed by atoms with van der Waals surface area (Å²) in [4.78, 5) is 12.6. The third-order valence-corrected chi connectivity index (χ3v) is 6.67. The first-order valence-electron chi connectivity index (χ1n) is 9.96. The van der Waals surface area contributed by atoms with Crippen LogP contribution < -0.4 is 20.1 Å². The highest BCUT2D eigenvalue weighted by atomic mass is 16.5. The molecule has 27 heavy (non-hydrogen) atoms. The second-order valence-electron chi connectivity index (χ2n) is 8.66. The quantitative estimate of drug-likeness (QED) is 0.715. The average Bonchev–Trinajstić information content (AvgIpc) is 2.64. The Morgan fingerprint density at radius 2 is 1.78 bits per heavy atom. The summed E-state index contributed by atoms with van der Waals surface area (Å²) in [5.41, 5.74) is 0.573. The van der Waals surface area contributed by atoms with Crippen LogP contribution in [0, 0.1) is 17.8 Å². The van der Waals surface area contributed by atoms with Crippen molar-refractivity contribution in [2.75, 3.05) is 20.8 Å². The van der Waals surface area contributed by atoms with Gasteiger partial charge in [-0.15, -0.1) is 0 Å². The van der Waals surface area contributed by atoms with E-state index in [0.29, 0.717) is 17.1 Å². The van der Waals surface area contributed by atoms with Crippen molar-refractivity contribution in [2.24, 2.45) is 17.8 Å². The highest BCUT2D eigenvalue weighted by molar-refractivity contribution is 5.75. The van der Waals surface area contributed by atoms with Crippen molar-refractivity contribution in [2.45, 2.75) is 50.2 Å². The molecule has 4 aliphatic carbocycles. The molecule has 6 nitrogen and oxygen atoms in total. The van der Waals surface area contributed by atoms with E-state index in [9.17, 15) is 9.90 Å². The summed E-state index contributed by atoms with van der Waals surface area (Å²) < 4.78 is 10.5. The van der Waals surface area contributed by atoms with E-state index in [1.54, 1.807) is 32.4 Å². The first-order chi connectivity index (χ1) is 13.0. The van der Waals surface area contributed by atoms with Gasteiger partial charge in [-0.3, -0.25) is 0 Å². The van der Waals surface area contributed by atoms with Gasteiger partial charge in [0.15, 0.2) is 0 Å². The van der Waals surface area contributed by atoms with Crippen LogP contribution in [0.25, 0.3) is 0 Å². The van der Waals surface area contributed by atoms with Crippen LogP contribution in [-0.4, -0.2) is 37.4 Å². The van der Waals surface area contributed by atoms with Gasteiger partial charge in [0.25, 0.3) is 0 Å². The molecule has 0 radical (unpaired) electrons. The molecule has 0 spiro atoms. The van der Waals surface area contributed by atoms with E-state index < -0.39 is 6.10 Å². The SMILES string of the molecule is COc1ccc(OC)c(C(O)CNC(=O)NC23CC4CC(CC(C4)C2)C3)c1. The van der Waals surface area contributed by atoms with Gasteiger partial charge in [-0.1, -0.05) is 0 Å². The fraction of sp³-hybridized carbons (Fsp3) is 0.667. The Bertz CT molecular complexity index is 670. The van der Waals surface area contributed by atoms with Gasteiger partial charge in [-0.25, -0.2) is 4.79 Å². The van der Waals surface area contributed by atoms with E-state index in [4.69, 9.17) is 9.47 Å². The first kappa shape index (κ1) is 18.4. The zero-order valence-corrected chi connectivity index (χ0v) is 16.2. The molecule has 4 aliphatic rings. The molecule has 0 aromatic heterocycles. The van der Waals surface area contributed by atoms with Crippen molar-refractivity contribution >= 4 is 6.03 Å². The Balaban J connectivity index is 1.36. The third kappa shape index (κ3) is 3.72. The van der Waals surface area contributed by atoms with Gasteiger partial charge < -0.3 is 25.2 Å². The fourth-order valence-electron chi connectivity index (χ4n) is 5.95.